The quantitative estimate of drug-likeness (QED) is 0.638. The molecule has 0 aliphatic heterocycles. The molecule has 1 amide bonds. The van der Waals surface area contributed by atoms with Crippen LogP contribution in [0.5, 0.6) is 11.6 Å². The van der Waals surface area contributed by atoms with E-state index in [0.717, 1.165) is 20.5 Å². The zero-order chi connectivity index (χ0) is 20.1. The zero-order valence-electron chi connectivity index (χ0n) is 15.3. The molecule has 0 unspecified atom stereocenters. The lowest BCUT2D eigenvalue weighted by atomic mass is 10.2. The standard InChI is InChI=1S/C19H19N3O4S2/c1-22(2)28(24,25)17-11-10-15(27-17)13-21-18(23)16-9-6-12-20-19(16)26-14-7-4-3-5-8-14/h3-12H,13H2,1-2H3,(H,21,23). The third-order valence-corrected chi connectivity index (χ3v) is 7.14. The fraction of sp³-hybridized carbons (Fsp3) is 0.158. The molecule has 0 saturated carbocycles. The van der Waals surface area contributed by atoms with Crippen LogP contribution in [0.1, 0.15) is 15.2 Å². The maximum Gasteiger partial charge on any atom is 0.257 e. The summed E-state index contributed by atoms with van der Waals surface area (Å²) in [5, 5.41) is 2.78. The second-order valence-electron chi connectivity index (χ2n) is 5.96. The molecule has 0 aliphatic rings. The highest BCUT2D eigenvalue weighted by Crippen LogP contribution is 2.25. The second-order valence-corrected chi connectivity index (χ2v) is 9.51. The van der Waals surface area contributed by atoms with Crippen LogP contribution in [0.3, 0.4) is 0 Å². The first-order valence-corrected chi connectivity index (χ1v) is 10.6. The summed E-state index contributed by atoms with van der Waals surface area (Å²) in [4.78, 5) is 17.5. The number of hydrogen-bond acceptors (Lipinski definition) is 6. The molecule has 146 valence electrons. The van der Waals surface area contributed by atoms with Crippen molar-refractivity contribution in [2.45, 2.75) is 10.8 Å². The van der Waals surface area contributed by atoms with E-state index in [1.165, 1.54) is 20.2 Å². The Morgan fingerprint density at radius 1 is 1.11 bits per heavy atom. The van der Waals surface area contributed by atoms with Gasteiger partial charge in [0.2, 0.25) is 5.88 Å². The Bertz CT molecular complexity index is 1060. The van der Waals surface area contributed by atoms with Crippen LogP contribution in [0.15, 0.2) is 65.0 Å². The fourth-order valence-electron chi connectivity index (χ4n) is 2.28. The summed E-state index contributed by atoms with van der Waals surface area (Å²) in [6.07, 6.45) is 1.55. The van der Waals surface area contributed by atoms with Gasteiger partial charge in [-0.1, -0.05) is 18.2 Å². The van der Waals surface area contributed by atoms with E-state index in [9.17, 15) is 13.2 Å². The Hall–Kier alpha value is -2.75. The van der Waals surface area contributed by atoms with E-state index in [4.69, 9.17) is 4.74 Å². The zero-order valence-corrected chi connectivity index (χ0v) is 17.0. The van der Waals surface area contributed by atoms with Gasteiger partial charge in [0.15, 0.2) is 0 Å². The highest BCUT2D eigenvalue weighted by molar-refractivity contribution is 7.91. The van der Waals surface area contributed by atoms with E-state index in [2.05, 4.69) is 10.3 Å². The largest absolute Gasteiger partial charge is 0.438 e. The molecule has 0 atom stereocenters. The Morgan fingerprint density at radius 3 is 2.57 bits per heavy atom. The average Bonchev–Trinajstić information content (AvgIpc) is 3.17. The Labute approximate surface area is 167 Å². The summed E-state index contributed by atoms with van der Waals surface area (Å²) in [6.45, 7) is 0.201. The Morgan fingerprint density at radius 2 is 1.86 bits per heavy atom. The van der Waals surface area contributed by atoms with E-state index in [1.54, 1.807) is 36.5 Å². The number of nitrogens with zero attached hydrogens (tertiary/aromatic N) is 2. The molecule has 7 nitrogen and oxygen atoms in total. The summed E-state index contributed by atoms with van der Waals surface area (Å²) < 4.78 is 31.4. The summed E-state index contributed by atoms with van der Waals surface area (Å²) in [5.41, 5.74) is 0.295. The van der Waals surface area contributed by atoms with Gasteiger partial charge in [0.1, 0.15) is 15.5 Å². The van der Waals surface area contributed by atoms with Crippen LogP contribution < -0.4 is 10.1 Å². The van der Waals surface area contributed by atoms with Crippen molar-refractivity contribution in [1.82, 2.24) is 14.6 Å². The number of ether oxygens (including phenoxy) is 1. The molecule has 28 heavy (non-hydrogen) atoms. The molecule has 0 bridgehead atoms. The van der Waals surface area contributed by atoms with Crippen LogP contribution in [-0.2, 0) is 16.6 Å². The SMILES string of the molecule is CN(C)S(=O)(=O)c1ccc(CNC(=O)c2cccnc2Oc2ccccc2)s1. The van der Waals surface area contributed by atoms with Gasteiger partial charge < -0.3 is 10.1 Å². The van der Waals surface area contributed by atoms with Crippen LogP contribution >= 0.6 is 11.3 Å². The molecule has 3 aromatic rings. The second kappa shape index (κ2) is 8.51. The van der Waals surface area contributed by atoms with Crippen molar-refractivity contribution in [2.75, 3.05) is 14.1 Å². The number of carbonyl (C=O) groups excluding carboxylic acids is 1. The number of para-hydroxylation sites is 1. The number of hydrogen-bond donors (Lipinski definition) is 1. The van der Waals surface area contributed by atoms with E-state index >= 15 is 0 Å². The molecule has 1 aromatic carbocycles. The molecule has 0 radical (unpaired) electrons. The summed E-state index contributed by atoms with van der Waals surface area (Å²) in [7, 11) is -0.520. The maximum atomic E-state index is 12.6. The average molecular weight is 418 g/mol. The van der Waals surface area contributed by atoms with E-state index in [0.29, 0.717) is 11.3 Å². The number of sulfonamides is 1. The molecule has 0 fully saturated rings. The molecule has 0 aliphatic carbocycles. The van der Waals surface area contributed by atoms with Crippen molar-refractivity contribution in [2.24, 2.45) is 0 Å². The van der Waals surface area contributed by atoms with Gasteiger partial charge in [0, 0.05) is 25.2 Å². The number of pyridine rings is 1. The lowest BCUT2D eigenvalue weighted by Crippen LogP contribution is -2.23. The number of thiophene rings is 1. The molecule has 0 saturated heterocycles. The van der Waals surface area contributed by atoms with Gasteiger partial charge in [-0.3, -0.25) is 4.79 Å². The van der Waals surface area contributed by atoms with Crippen LogP contribution in [0, 0.1) is 0 Å². The minimum Gasteiger partial charge on any atom is -0.438 e. The van der Waals surface area contributed by atoms with Crippen LogP contribution in [0.2, 0.25) is 0 Å². The van der Waals surface area contributed by atoms with Crippen molar-refractivity contribution < 1.29 is 17.9 Å². The highest BCUT2D eigenvalue weighted by atomic mass is 32.2. The van der Waals surface area contributed by atoms with Crippen LogP contribution in [0.4, 0.5) is 0 Å². The Kier molecular flexibility index (Phi) is 6.08. The van der Waals surface area contributed by atoms with Crippen molar-refractivity contribution in [3.05, 3.63) is 71.2 Å². The molecule has 0 spiro atoms. The number of benzene rings is 1. The normalized spacial score (nSPS) is 11.4. The number of amides is 1. The third kappa shape index (κ3) is 4.56. The topological polar surface area (TPSA) is 88.6 Å². The number of carbonyl (C=O) groups is 1. The van der Waals surface area contributed by atoms with Gasteiger partial charge in [-0.15, -0.1) is 11.3 Å². The van der Waals surface area contributed by atoms with Gasteiger partial charge in [-0.2, -0.15) is 0 Å². The van der Waals surface area contributed by atoms with Gasteiger partial charge in [-0.05, 0) is 36.4 Å². The molecular weight excluding hydrogens is 398 g/mol. The predicted molar refractivity (Wildman–Crippen MR) is 107 cm³/mol. The minimum atomic E-state index is -3.48. The summed E-state index contributed by atoms with van der Waals surface area (Å²) >= 11 is 1.12. The minimum absolute atomic E-state index is 0.201. The van der Waals surface area contributed by atoms with Crippen LogP contribution in [0.25, 0.3) is 0 Å². The highest BCUT2D eigenvalue weighted by Gasteiger charge is 2.20. The molecular formula is C19H19N3O4S2. The molecule has 9 heteroatoms. The lowest BCUT2D eigenvalue weighted by molar-refractivity contribution is 0.0948. The van der Waals surface area contributed by atoms with Crippen molar-refractivity contribution in [3.8, 4) is 11.6 Å². The molecule has 3 rings (SSSR count). The first-order chi connectivity index (χ1) is 13.4. The summed E-state index contributed by atoms with van der Waals surface area (Å²) in [5.74, 6) is 0.421. The Balaban J connectivity index is 1.70. The lowest BCUT2D eigenvalue weighted by Gasteiger charge is -2.10. The van der Waals surface area contributed by atoms with Gasteiger partial charge in [-0.25, -0.2) is 17.7 Å². The number of rotatable bonds is 7. The smallest absolute Gasteiger partial charge is 0.257 e. The van der Waals surface area contributed by atoms with Crippen molar-refractivity contribution in [3.63, 3.8) is 0 Å². The van der Waals surface area contributed by atoms with E-state index in [1.807, 2.05) is 18.2 Å². The van der Waals surface area contributed by atoms with Crippen LogP contribution in [-0.4, -0.2) is 37.7 Å². The first-order valence-electron chi connectivity index (χ1n) is 8.35. The molecule has 1 N–H and O–H groups in total. The van der Waals surface area contributed by atoms with Gasteiger partial charge in [0.05, 0.1) is 6.54 Å². The van der Waals surface area contributed by atoms with E-state index in [-0.39, 0.29) is 22.5 Å². The number of nitrogens with one attached hydrogen (secondary N) is 1. The maximum absolute atomic E-state index is 12.6. The monoisotopic (exact) mass is 417 g/mol. The first kappa shape index (κ1) is 20.0. The van der Waals surface area contributed by atoms with Gasteiger partial charge >= 0.3 is 0 Å². The predicted octanol–water partition coefficient (Wildman–Crippen LogP) is 3.12. The van der Waals surface area contributed by atoms with Crippen molar-refractivity contribution in [1.29, 1.82) is 0 Å². The van der Waals surface area contributed by atoms with Crippen molar-refractivity contribution >= 4 is 27.3 Å². The van der Waals surface area contributed by atoms with Gasteiger partial charge in [0.25, 0.3) is 15.9 Å². The number of aromatic nitrogens is 1. The summed E-state index contributed by atoms with van der Waals surface area (Å²) in [6, 6.07) is 15.6. The van der Waals surface area contributed by atoms with E-state index < -0.39 is 10.0 Å². The fourth-order valence-corrected chi connectivity index (χ4v) is 4.74. The molecule has 2 aromatic heterocycles. The molecule has 2 heterocycles. The third-order valence-electron chi connectivity index (χ3n) is 3.77.